The Morgan fingerprint density at radius 2 is 1.84 bits per heavy atom. The third-order valence-corrected chi connectivity index (χ3v) is 2.89. The quantitative estimate of drug-likeness (QED) is 0.639. The number of hydrogen-bond donors (Lipinski definition) is 2. The van der Waals surface area contributed by atoms with Gasteiger partial charge in [0.15, 0.2) is 0 Å². The van der Waals surface area contributed by atoms with E-state index in [1.54, 1.807) is 7.11 Å². The normalized spacial score (nSPS) is 10.1. The molecule has 4 heteroatoms. The van der Waals surface area contributed by atoms with Gasteiger partial charge in [0.1, 0.15) is 18.1 Å². The Balaban J connectivity index is 1.99. The van der Waals surface area contributed by atoms with Gasteiger partial charge < -0.3 is 14.9 Å². The molecule has 0 bridgehead atoms. The van der Waals surface area contributed by atoms with Gasteiger partial charge in [0.25, 0.3) is 0 Å². The smallest absolute Gasteiger partial charge is 0.121 e. The molecule has 0 aliphatic rings. The van der Waals surface area contributed by atoms with Gasteiger partial charge in [-0.2, -0.15) is 0 Å². The van der Waals surface area contributed by atoms with Crippen molar-refractivity contribution in [3.8, 4) is 11.5 Å². The van der Waals surface area contributed by atoms with E-state index in [1.807, 2.05) is 43.3 Å². The lowest BCUT2D eigenvalue weighted by molar-refractivity contribution is 0.306. The molecule has 0 spiro atoms. The van der Waals surface area contributed by atoms with E-state index in [9.17, 15) is 0 Å². The molecule has 4 nitrogen and oxygen atoms in total. The van der Waals surface area contributed by atoms with Crippen LogP contribution in [0.25, 0.3) is 0 Å². The molecule has 0 aliphatic heterocycles. The molecular weight excluding hydrogens is 240 g/mol. The summed E-state index contributed by atoms with van der Waals surface area (Å²) in [7, 11) is 1.67. The Hall–Kier alpha value is -2.20. The van der Waals surface area contributed by atoms with Crippen LogP contribution in [0.2, 0.25) is 0 Å². The van der Waals surface area contributed by atoms with Crippen molar-refractivity contribution in [2.75, 3.05) is 12.5 Å². The van der Waals surface area contributed by atoms with Gasteiger partial charge in [-0.3, -0.25) is 5.84 Å². The highest BCUT2D eigenvalue weighted by Crippen LogP contribution is 2.20. The van der Waals surface area contributed by atoms with E-state index >= 15 is 0 Å². The average molecular weight is 258 g/mol. The number of aryl methyl sites for hydroxylation is 1. The molecule has 3 N–H and O–H groups in total. The summed E-state index contributed by atoms with van der Waals surface area (Å²) in [5.74, 6) is 7.01. The van der Waals surface area contributed by atoms with Gasteiger partial charge in [-0.25, -0.2) is 0 Å². The third kappa shape index (κ3) is 3.39. The maximum absolute atomic E-state index is 5.71. The first-order valence-corrected chi connectivity index (χ1v) is 6.06. The van der Waals surface area contributed by atoms with Gasteiger partial charge in [-0.05, 0) is 54.4 Å². The minimum atomic E-state index is 0.528. The number of methoxy groups -OCH3 is 1. The summed E-state index contributed by atoms with van der Waals surface area (Å²) >= 11 is 0. The molecule has 0 atom stereocenters. The van der Waals surface area contributed by atoms with Gasteiger partial charge in [-0.15, -0.1) is 0 Å². The molecule has 0 radical (unpaired) electrons. The first-order valence-electron chi connectivity index (χ1n) is 6.06. The summed E-state index contributed by atoms with van der Waals surface area (Å²) in [5.41, 5.74) is 5.65. The van der Waals surface area contributed by atoms with Gasteiger partial charge in [0.05, 0.1) is 7.11 Å². The SMILES string of the molecule is COc1ccc(COc2ccc(NN)cc2)cc1C. The van der Waals surface area contributed by atoms with Crippen LogP contribution in [0.4, 0.5) is 5.69 Å². The molecule has 0 aliphatic carbocycles. The van der Waals surface area contributed by atoms with Crippen LogP contribution in [0, 0.1) is 6.92 Å². The van der Waals surface area contributed by atoms with Gasteiger partial charge >= 0.3 is 0 Å². The first-order chi connectivity index (χ1) is 9.22. The molecule has 0 unspecified atom stereocenters. The zero-order valence-corrected chi connectivity index (χ0v) is 11.1. The minimum absolute atomic E-state index is 0.528. The first kappa shape index (κ1) is 13.2. The molecule has 0 amide bonds. The van der Waals surface area contributed by atoms with E-state index in [0.29, 0.717) is 6.61 Å². The fourth-order valence-electron chi connectivity index (χ4n) is 1.84. The van der Waals surface area contributed by atoms with E-state index in [1.165, 1.54) is 0 Å². The molecule has 2 rings (SSSR count). The van der Waals surface area contributed by atoms with E-state index < -0.39 is 0 Å². The zero-order chi connectivity index (χ0) is 13.7. The maximum Gasteiger partial charge on any atom is 0.121 e. The van der Waals surface area contributed by atoms with Gasteiger partial charge in [-0.1, -0.05) is 6.07 Å². The average Bonchev–Trinajstić information content (AvgIpc) is 2.46. The summed E-state index contributed by atoms with van der Waals surface area (Å²) in [5, 5.41) is 0. The van der Waals surface area contributed by atoms with Gasteiger partial charge in [0, 0.05) is 5.69 Å². The van der Waals surface area contributed by atoms with Crippen LogP contribution in [-0.4, -0.2) is 7.11 Å². The summed E-state index contributed by atoms with van der Waals surface area (Å²) in [4.78, 5) is 0. The number of benzene rings is 2. The van der Waals surface area contributed by atoms with Crippen LogP contribution < -0.4 is 20.7 Å². The molecular formula is C15H18N2O2. The Morgan fingerprint density at radius 3 is 2.42 bits per heavy atom. The van der Waals surface area contributed by atoms with Crippen molar-refractivity contribution in [1.29, 1.82) is 0 Å². The second kappa shape index (κ2) is 6.11. The fraction of sp³-hybridized carbons (Fsp3) is 0.200. The zero-order valence-electron chi connectivity index (χ0n) is 11.1. The van der Waals surface area contributed by atoms with Crippen molar-refractivity contribution in [2.45, 2.75) is 13.5 Å². The number of hydrazine groups is 1. The highest BCUT2D eigenvalue weighted by atomic mass is 16.5. The van der Waals surface area contributed by atoms with Crippen molar-refractivity contribution in [3.05, 3.63) is 53.6 Å². The molecule has 100 valence electrons. The summed E-state index contributed by atoms with van der Waals surface area (Å²) in [6, 6.07) is 13.5. The molecule has 0 saturated carbocycles. The Labute approximate surface area is 113 Å². The monoisotopic (exact) mass is 258 g/mol. The number of ether oxygens (including phenoxy) is 2. The van der Waals surface area contributed by atoms with Crippen molar-refractivity contribution in [3.63, 3.8) is 0 Å². The number of nitrogens with one attached hydrogen (secondary N) is 1. The van der Waals surface area contributed by atoms with Crippen LogP contribution in [-0.2, 0) is 6.61 Å². The van der Waals surface area contributed by atoms with E-state index in [4.69, 9.17) is 15.3 Å². The van der Waals surface area contributed by atoms with Crippen molar-refractivity contribution >= 4 is 5.69 Å². The summed E-state index contributed by atoms with van der Waals surface area (Å²) in [6.45, 7) is 2.55. The second-order valence-electron chi connectivity index (χ2n) is 4.26. The maximum atomic E-state index is 5.71. The van der Waals surface area contributed by atoms with Crippen LogP contribution in [0.1, 0.15) is 11.1 Å². The molecule has 2 aromatic carbocycles. The third-order valence-electron chi connectivity index (χ3n) is 2.89. The Morgan fingerprint density at radius 1 is 1.11 bits per heavy atom. The van der Waals surface area contributed by atoms with Crippen LogP contribution in [0.5, 0.6) is 11.5 Å². The lowest BCUT2D eigenvalue weighted by atomic mass is 10.1. The lowest BCUT2D eigenvalue weighted by Gasteiger charge is -2.09. The number of nitrogen functional groups attached to an aromatic ring is 1. The fourth-order valence-corrected chi connectivity index (χ4v) is 1.84. The highest BCUT2D eigenvalue weighted by Gasteiger charge is 2.01. The lowest BCUT2D eigenvalue weighted by Crippen LogP contribution is -2.06. The van der Waals surface area contributed by atoms with Gasteiger partial charge in [0.2, 0.25) is 0 Å². The topological polar surface area (TPSA) is 56.5 Å². The molecule has 2 aromatic rings. The number of anilines is 1. The molecule has 0 fully saturated rings. The predicted molar refractivity (Wildman–Crippen MR) is 76.3 cm³/mol. The van der Waals surface area contributed by atoms with E-state index in [-0.39, 0.29) is 0 Å². The molecule has 0 saturated heterocycles. The number of hydrogen-bond acceptors (Lipinski definition) is 4. The van der Waals surface area contributed by atoms with E-state index in [2.05, 4.69) is 11.5 Å². The standard InChI is InChI=1S/C15H18N2O2/c1-11-9-12(3-8-15(11)18-2)10-19-14-6-4-13(17-16)5-7-14/h3-9,17H,10,16H2,1-2H3. The van der Waals surface area contributed by atoms with E-state index in [0.717, 1.165) is 28.3 Å². The van der Waals surface area contributed by atoms with Crippen molar-refractivity contribution < 1.29 is 9.47 Å². The molecule has 0 aromatic heterocycles. The van der Waals surface area contributed by atoms with Crippen LogP contribution in [0.3, 0.4) is 0 Å². The minimum Gasteiger partial charge on any atom is -0.496 e. The van der Waals surface area contributed by atoms with Crippen LogP contribution in [0.15, 0.2) is 42.5 Å². The molecule has 0 heterocycles. The summed E-state index contributed by atoms with van der Waals surface area (Å²) in [6.07, 6.45) is 0. The summed E-state index contributed by atoms with van der Waals surface area (Å²) < 4.78 is 10.9. The number of nitrogens with two attached hydrogens (primary N) is 1. The predicted octanol–water partition coefficient (Wildman–Crippen LogP) is 2.87. The number of rotatable bonds is 5. The Bertz CT molecular complexity index is 538. The highest BCUT2D eigenvalue weighted by molar-refractivity contribution is 5.45. The van der Waals surface area contributed by atoms with Crippen molar-refractivity contribution in [2.24, 2.45) is 5.84 Å². The van der Waals surface area contributed by atoms with Crippen molar-refractivity contribution in [1.82, 2.24) is 0 Å². The Kier molecular flexibility index (Phi) is 4.26. The molecule has 19 heavy (non-hydrogen) atoms. The largest absolute Gasteiger partial charge is 0.496 e. The second-order valence-corrected chi connectivity index (χ2v) is 4.26. The van der Waals surface area contributed by atoms with Crippen LogP contribution >= 0.6 is 0 Å².